The van der Waals surface area contributed by atoms with Gasteiger partial charge in [0.05, 0.1) is 6.42 Å². The van der Waals surface area contributed by atoms with Crippen LogP contribution < -0.4 is 5.32 Å². The highest BCUT2D eigenvalue weighted by Gasteiger charge is 2.40. The third kappa shape index (κ3) is 3.01. The molecule has 20 heavy (non-hydrogen) atoms. The molecule has 2 fully saturated rings. The molecular formula is C12H18N2O6. The van der Waals surface area contributed by atoms with Gasteiger partial charge in [-0.25, -0.2) is 4.79 Å². The molecule has 112 valence electrons. The molecule has 3 atom stereocenters. The molecule has 2 heterocycles. The van der Waals surface area contributed by atoms with E-state index in [2.05, 4.69) is 5.32 Å². The van der Waals surface area contributed by atoms with E-state index in [1.54, 1.807) is 6.92 Å². The van der Waals surface area contributed by atoms with E-state index in [-0.39, 0.29) is 6.42 Å². The van der Waals surface area contributed by atoms with E-state index in [4.69, 9.17) is 14.6 Å². The molecule has 0 spiro atoms. The van der Waals surface area contributed by atoms with Crippen LogP contribution in [0.5, 0.6) is 0 Å². The second kappa shape index (κ2) is 6.08. The summed E-state index contributed by atoms with van der Waals surface area (Å²) in [5, 5.41) is 11.7. The zero-order chi connectivity index (χ0) is 14.7. The number of carbonyl (C=O) groups is 3. The molecule has 2 unspecified atom stereocenters. The van der Waals surface area contributed by atoms with Crippen molar-refractivity contribution in [3.63, 3.8) is 0 Å². The topological polar surface area (TPSA) is 105 Å². The molecular weight excluding hydrogens is 268 g/mol. The van der Waals surface area contributed by atoms with Gasteiger partial charge in [-0.05, 0) is 19.8 Å². The van der Waals surface area contributed by atoms with Crippen LogP contribution in [-0.4, -0.2) is 59.5 Å². The minimum absolute atomic E-state index is 0.0379. The number of nitrogens with zero attached hydrogens (tertiary/aromatic N) is 1. The zero-order valence-electron chi connectivity index (χ0n) is 11.2. The van der Waals surface area contributed by atoms with Gasteiger partial charge in [-0.1, -0.05) is 0 Å². The number of amides is 2. The third-order valence-electron chi connectivity index (χ3n) is 3.42. The third-order valence-corrected chi connectivity index (χ3v) is 3.42. The van der Waals surface area contributed by atoms with E-state index in [1.807, 2.05) is 0 Å². The molecule has 0 aromatic heterocycles. The van der Waals surface area contributed by atoms with Crippen LogP contribution in [0.1, 0.15) is 26.2 Å². The van der Waals surface area contributed by atoms with Gasteiger partial charge >= 0.3 is 12.1 Å². The number of rotatable bonds is 4. The van der Waals surface area contributed by atoms with E-state index in [0.717, 1.165) is 4.90 Å². The quantitative estimate of drug-likeness (QED) is 0.700. The predicted molar refractivity (Wildman–Crippen MR) is 65.8 cm³/mol. The van der Waals surface area contributed by atoms with Crippen molar-refractivity contribution in [1.29, 1.82) is 0 Å². The van der Waals surface area contributed by atoms with Gasteiger partial charge in [0.1, 0.15) is 12.1 Å². The number of hydrogen-bond donors (Lipinski definition) is 2. The Hall–Kier alpha value is -1.83. The van der Waals surface area contributed by atoms with Crippen LogP contribution in [0.3, 0.4) is 0 Å². The maximum atomic E-state index is 12.1. The Morgan fingerprint density at radius 3 is 2.95 bits per heavy atom. The zero-order valence-corrected chi connectivity index (χ0v) is 11.2. The maximum absolute atomic E-state index is 12.1. The number of likely N-dealkylation sites (tertiary alicyclic amines) is 1. The van der Waals surface area contributed by atoms with Crippen LogP contribution in [0.25, 0.3) is 0 Å². The second-order valence-corrected chi connectivity index (χ2v) is 4.77. The summed E-state index contributed by atoms with van der Waals surface area (Å²) in [5.41, 5.74) is 0. The van der Waals surface area contributed by atoms with Crippen LogP contribution in [0.4, 0.5) is 4.79 Å². The van der Waals surface area contributed by atoms with Crippen molar-refractivity contribution in [2.45, 2.75) is 44.6 Å². The van der Waals surface area contributed by atoms with Gasteiger partial charge in [0, 0.05) is 13.2 Å². The number of ether oxygens (including phenoxy) is 2. The Bertz CT molecular complexity index is 413. The Morgan fingerprint density at radius 1 is 1.55 bits per heavy atom. The lowest BCUT2D eigenvalue weighted by Crippen LogP contribution is -2.50. The van der Waals surface area contributed by atoms with Gasteiger partial charge in [0.2, 0.25) is 12.2 Å². The molecule has 2 amide bonds. The monoisotopic (exact) mass is 286 g/mol. The summed E-state index contributed by atoms with van der Waals surface area (Å²) in [5.74, 6) is -0.840. The SMILES string of the molecule is CCOC1OC(=O)CC1NC(=O)[C@H]1CCCN1C(=O)O. The standard InChI is InChI=1S/C12H18N2O6/c1-2-19-11-7(6-9(15)20-11)13-10(16)8-4-3-5-14(8)12(17)18/h7-8,11H,2-6H2,1H3,(H,13,16)(H,17,18)/t7?,8-,11?/m1/s1. The van der Waals surface area contributed by atoms with Crippen LogP contribution in [-0.2, 0) is 19.1 Å². The summed E-state index contributed by atoms with van der Waals surface area (Å²) in [6, 6.07) is -1.27. The Kier molecular flexibility index (Phi) is 4.43. The normalized spacial score (nSPS) is 29.4. The highest BCUT2D eigenvalue weighted by Crippen LogP contribution is 2.20. The van der Waals surface area contributed by atoms with E-state index in [1.165, 1.54) is 0 Å². The van der Waals surface area contributed by atoms with Crippen LogP contribution in [0.2, 0.25) is 0 Å². The average molecular weight is 286 g/mol. The molecule has 2 saturated heterocycles. The lowest BCUT2D eigenvalue weighted by molar-refractivity contribution is -0.164. The average Bonchev–Trinajstić information content (AvgIpc) is 2.97. The van der Waals surface area contributed by atoms with E-state index < -0.39 is 36.3 Å². The second-order valence-electron chi connectivity index (χ2n) is 4.77. The summed E-state index contributed by atoms with van der Waals surface area (Å²) >= 11 is 0. The van der Waals surface area contributed by atoms with Crippen molar-refractivity contribution in [3.05, 3.63) is 0 Å². The molecule has 0 aromatic rings. The highest BCUT2D eigenvalue weighted by atomic mass is 16.7. The minimum Gasteiger partial charge on any atom is -0.465 e. The van der Waals surface area contributed by atoms with Crippen molar-refractivity contribution in [3.8, 4) is 0 Å². The number of carbonyl (C=O) groups excluding carboxylic acids is 2. The molecule has 0 saturated carbocycles. The van der Waals surface area contributed by atoms with Gasteiger partial charge in [-0.15, -0.1) is 0 Å². The first-order valence-electron chi connectivity index (χ1n) is 6.64. The first kappa shape index (κ1) is 14.6. The fourth-order valence-electron chi connectivity index (χ4n) is 2.52. The molecule has 2 rings (SSSR count). The summed E-state index contributed by atoms with van der Waals surface area (Å²) in [6.45, 7) is 2.46. The number of hydrogen-bond acceptors (Lipinski definition) is 5. The summed E-state index contributed by atoms with van der Waals surface area (Å²) in [6.07, 6.45) is -0.729. The smallest absolute Gasteiger partial charge is 0.407 e. The van der Waals surface area contributed by atoms with Gasteiger partial charge < -0.3 is 19.9 Å². The summed E-state index contributed by atoms with van der Waals surface area (Å²) in [4.78, 5) is 35.5. The van der Waals surface area contributed by atoms with Crippen molar-refractivity contribution in [1.82, 2.24) is 10.2 Å². The highest BCUT2D eigenvalue weighted by molar-refractivity contribution is 5.86. The fourth-order valence-corrected chi connectivity index (χ4v) is 2.52. The van der Waals surface area contributed by atoms with E-state index in [9.17, 15) is 14.4 Å². The van der Waals surface area contributed by atoms with Crippen molar-refractivity contribution in [2.75, 3.05) is 13.2 Å². The van der Waals surface area contributed by atoms with Crippen molar-refractivity contribution < 1.29 is 29.0 Å². The fraction of sp³-hybridized carbons (Fsp3) is 0.750. The Morgan fingerprint density at radius 2 is 2.30 bits per heavy atom. The van der Waals surface area contributed by atoms with Gasteiger partial charge in [0.15, 0.2) is 0 Å². The van der Waals surface area contributed by atoms with Gasteiger partial charge in [0.25, 0.3) is 0 Å². The van der Waals surface area contributed by atoms with E-state index in [0.29, 0.717) is 26.0 Å². The number of nitrogens with one attached hydrogen (secondary N) is 1. The van der Waals surface area contributed by atoms with Crippen LogP contribution in [0.15, 0.2) is 0 Å². The number of esters is 1. The van der Waals surface area contributed by atoms with Gasteiger partial charge in [-0.2, -0.15) is 0 Å². The van der Waals surface area contributed by atoms with Crippen LogP contribution in [0, 0.1) is 0 Å². The molecule has 2 aliphatic heterocycles. The van der Waals surface area contributed by atoms with E-state index >= 15 is 0 Å². The Labute approximate surface area is 116 Å². The predicted octanol–water partition coefficient (Wildman–Crippen LogP) is -0.0769. The van der Waals surface area contributed by atoms with Crippen LogP contribution >= 0.6 is 0 Å². The first-order valence-corrected chi connectivity index (χ1v) is 6.64. The molecule has 8 nitrogen and oxygen atoms in total. The lowest BCUT2D eigenvalue weighted by atomic mass is 10.1. The largest absolute Gasteiger partial charge is 0.465 e. The van der Waals surface area contributed by atoms with Gasteiger partial charge in [-0.3, -0.25) is 14.5 Å². The molecule has 0 aliphatic carbocycles. The number of carboxylic acid groups (broad SMARTS) is 1. The first-order chi connectivity index (χ1) is 9.52. The minimum atomic E-state index is -1.11. The number of cyclic esters (lactones) is 1. The summed E-state index contributed by atoms with van der Waals surface area (Å²) < 4.78 is 10.2. The maximum Gasteiger partial charge on any atom is 0.407 e. The molecule has 0 aromatic carbocycles. The molecule has 0 radical (unpaired) electrons. The summed E-state index contributed by atoms with van der Waals surface area (Å²) in [7, 11) is 0. The molecule has 0 bridgehead atoms. The van der Waals surface area contributed by atoms with Crippen molar-refractivity contribution >= 4 is 18.0 Å². The Balaban J connectivity index is 1.96. The lowest BCUT2D eigenvalue weighted by Gasteiger charge is -2.24. The molecule has 2 aliphatic rings. The van der Waals surface area contributed by atoms with Crippen molar-refractivity contribution in [2.24, 2.45) is 0 Å². The molecule has 8 heteroatoms. The molecule has 2 N–H and O–H groups in total.